The van der Waals surface area contributed by atoms with Crippen molar-refractivity contribution in [2.24, 2.45) is 0 Å². The van der Waals surface area contributed by atoms with Crippen LogP contribution in [-0.4, -0.2) is 64.8 Å². The van der Waals surface area contributed by atoms with Crippen molar-refractivity contribution in [1.82, 2.24) is 19.8 Å². The summed E-state index contributed by atoms with van der Waals surface area (Å²) in [5, 5.41) is 2.99. The van der Waals surface area contributed by atoms with Crippen LogP contribution in [0.1, 0.15) is 56.1 Å². The molecule has 2 aromatic heterocycles. The first-order valence-electron chi connectivity index (χ1n) is 15.6. The van der Waals surface area contributed by atoms with E-state index in [4.69, 9.17) is 9.47 Å². The van der Waals surface area contributed by atoms with Gasteiger partial charge >= 0.3 is 6.09 Å². The molecule has 4 heterocycles. The number of nitrogens with one attached hydrogen (secondary N) is 1. The van der Waals surface area contributed by atoms with Crippen LogP contribution >= 0.6 is 0 Å². The maximum atomic E-state index is 16.3. The fraction of sp³-hybridized carbons (Fsp3) is 0.371. The van der Waals surface area contributed by atoms with Crippen molar-refractivity contribution in [2.75, 3.05) is 31.6 Å². The van der Waals surface area contributed by atoms with E-state index in [2.05, 4.69) is 10.3 Å². The number of hydrogen-bond donors (Lipinski definition) is 1. The van der Waals surface area contributed by atoms with Gasteiger partial charge in [0, 0.05) is 57.2 Å². The highest BCUT2D eigenvalue weighted by molar-refractivity contribution is 6.01. The molecule has 4 aromatic rings. The Labute approximate surface area is 266 Å². The van der Waals surface area contributed by atoms with Crippen molar-refractivity contribution >= 4 is 28.6 Å². The Morgan fingerprint density at radius 1 is 1.15 bits per heavy atom. The van der Waals surface area contributed by atoms with E-state index in [1.807, 2.05) is 41.3 Å². The van der Waals surface area contributed by atoms with Crippen molar-refractivity contribution in [3.8, 4) is 17.2 Å². The van der Waals surface area contributed by atoms with Gasteiger partial charge in [-0.2, -0.15) is 0 Å². The van der Waals surface area contributed by atoms with E-state index >= 15 is 4.39 Å². The number of fused-ring (bicyclic) bond motifs is 2. The summed E-state index contributed by atoms with van der Waals surface area (Å²) in [6.07, 6.45) is 5.52. The summed E-state index contributed by atoms with van der Waals surface area (Å²) in [6.45, 7) is 6.59. The number of amides is 2. The number of pyridine rings is 2. The lowest BCUT2D eigenvalue weighted by Gasteiger charge is -2.32. The van der Waals surface area contributed by atoms with Gasteiger partial charge in [-0.15, -0.1) is 0 Å². The minimum atomic E-state index is -0.651. The summed E-state index contributed by atoms with van der Waals surface area (Å²) >= 11 is 0. The molecule has 0 bridgehead atoms. The molecule has 1 fully saturated rings. The second-order valence-electron chi connectivity index (χ2n) is 12.8. The van der Waals surface area contributed by atoms with Gasteiger partial charge in [0.15, 0.2) is 17.3 Å². The van der Waals surface area contributed by atoms with Crippen molar-refractivity contribution in [3.63, 3.8) is 0 Å². The number of halogens is 1. The van der Waals surface area contributed by atoms with Crippen LogP contribution in [0, 0.1) is 5.82 Å². The quantitative estimate of drug-likeness (QED) is 0.253. The molecule has 2 aliphatic rings. The molecule has 0 spiro atoms. The topological polar surface area (TPSA) is 106 Å². The highest BCUT2D eigenvalue weighted by Crippen LogP contribution is 2.46. The number of para-hydroxylation sites is 2. The third kappa shape index (κ3) is 6.27. The number of carbonyl (C=O) groups excluding carboxylic acids is 2. The predicted octanol–water partition coefficient (Wildman–Crippen LogP) is 5.83. The van der Waals surface area contributed by atoms with E-state index in [-0.39, 0.29) is 28.4 Å². The molecular weight excluding hydrogens is 589 g/mol. The zero-order chi connectivity index (χ0) is 32.6. The highest BCUT2D eigenvalue weighted by Gasteiger charge is 2.33. The van der Waals surface area contributed by atoms with Gasteiger partial charge in [-0.25, -0.2) is 9.18 Å². The first-order valence-corrected chi connectivity index (χ1v) is 15.6. The van der Waals surface area contributed by atoms with Crippen LogP contribution in [0.4, 0.5) is 14.9 Å². The first kappa shape index (κ1) is 31.1. The van der Waals surface area contributed by atoms with Crippen LogP contribution < -0.4 is 20.4 Å². The molecule has 1 saturated heterocycles. The smallest absolute Gasteiger partial charge is 0.407 e. The summed E-state index contributed by atoms with van der Waals surface area (Å²) in [5.41, 5.74) is 0.756. The fourth-order valence-electron chi connectivity index (χ4n) is 6.07. The Balaban J connectivity index is 1.40. The van der Waals surface area contributed by atoms with E-state index < -0.39 is 28.8 Å². The number of carbonyl (C=O) groups is 2. The SMILES string of the molecule is CN(CCc1ccccn1)C(=O)c1cn2c3c(c(N4CCCCC(NC(=O)OC(C)(C)C)C4)c(F)cc3c1=O)Oc1ccccc1-2. The summed E-state index contributed by atoms with van der Waals surface area (Å²) in [4.78, 5) is 47.9. The summed E-state index contributed by atoms with van der Waals surface area (Å²) in [6, 6.07) is 13.8. The minimum Gasteiger partial charge on any atom is -0.451 e. The van der Waals surface area contributed by atoms with Gasteiger partial charge in [-0.3, -0.25) is 14.6 Å². The third-order valence-corrected chi connectivity index (χ3v) is 8.22. The number of hydrogen-bond acceptors (Lipinski definition) is 7. The molecule has 2 aliphatic heterocycles. The van der Waals surface area contributed by atoms with Crippen LogP contribution in [0.2, 0.25) is 0 Å². The number of benzene rings is 2. The van der Waals surface area contributed by atoms with Gasteiger partial charge in [-0.05, 0) is 70.4 Å². The van der Waals surface area contributed by atoms with Crippen LogP contribution in [0.3, 0.4) is 0 Å². The number of aromatic nitrogens is 2. The van der Waals surface area contributed by atoms with E-state index in [1.54, 1.807) is 44.6 Å². The molecule has 240 valence electrons. The van der Waals surface area contributed by atoms with E-state index in [1.165, 1.54) is 17.2 Å². The molecule has 11 heteroatoms. The molecule has 0 saturated carbocycles. The summed E-state index contributed by atoms with van der Waals surface area (Å²) in [5.74, 6) is -0.445. The average molecular weight is 628 g/mol. The Morgan fingerprint density at radius 2 is 1.93 bits per heavy atom. The monoisotopic (exact) mass is 627 g/mol. The van der Waals surface area contributed by atoms with E-state index in [0.717, 1.165) is 18.5 Å². The summed E-state index contributed by atoms with van der Waals surface area (Å²) < 4.78 is 29.9. The lowest BCUT2D eigenvalue weighted by molar-refractivity contribution is 0.0503. The number of nitrogens with zero attached hydrogens (tertiary/aromatic N) is 4. The molecule has 10 nitrogen and oxygen atoms in total. The van der Waals surface area contributed by atoms with Crippen molar-refractivity contribution in [2.45, 2.75) is 58.1 Å². The lowest BCUT2D eigenvalue weighted by atomic mass is 10.0. The average Bonchev–Trinajstić information content (AvgIpc) is 3.25. The zero-order valence-corrected chi connectivity index (χ0v) is 26.5. The normalized spacial score (nSPS) is 15.8. The van der Waals surface area contributed by atoms with Crippen LogP contribution in [-0.2, 0) is 11.2 Å². The molecule has 6 rings (SSSR count). The van der Waals surface area contributed by atoms with Gasteiger partial charge in [0.2, 0.25) is 5.43 Å². The van der Waals surface area contributed by atoms with Gasteiger partial charge in [-0.1, -0.05) is 18.2 Å². The van der Waals surface area contributed by atoms with Crippen molar-refractivity contribution < 1.29 is 23.5 Å². The molecule has 2 amide bonds. The Kier molecular flexibility index (Phi) is 8.41. The van der Waals surface area contributed by atoms with E-state index in [9.17, 15) is 14.4 Å². The fourth-order valence-corrected chi connectivity index (χ4v) is 6.07. The molecule has 0 aliphatic carbocycles. The molecule has 1 N–H and O–H groups in total. The van der Waals surface area contributed by atoms with Gasteiger partial charge in [0.05, 0.1) is 11.1 Å². The summed E-state index contributed by atoms with van der Waals surface area (Å²) in [7, 11) is 1.64. The molecular formula is C35H38FN5O5. The number of alkyl carbamates (subject to hydrolysis) is 1. The second-order valence-corrected chi connectivity index (χ2v) is 12.8. The van der Waals surface area contributed by atoms with E-state index in [0.29, 0.717) is 49.4 Å². The Hall–Kier alpha value is -4.93. The maximum absolute atomic E-state index is 16.3. The molecule has 46 heavy (non-hydrogen) atoms. The van der Waals surface area contributed by atoms with Crippen LogP contribution in [0.15, 0.2) is 65.7 Å². The number of anilines is 1. The van der Waals surface area contributed by atoms with Gasteiger partial charge in [0.1, 0.15) is 22.4 Å². The van der Waals surface area contributed by atoms with Crippen LogP contribution in [0.5, 0.6) is 11.5 Å². The largest absolute Gasteiger partial charge is 0.451 e. The first-order chi connectivity index (χ1) is 22.0. The molecule has 1 atom stereocenters. The van der Waals surface area contributed by atoms with Crippen LogP contribution in [0.25, 0.3) is 16.6 Å². The van der Waals surface area contributed by atoms with Gasteiger partial charge < -0.3 is 29.2 Å². The third-order valence-electron chi connectivity index (χ3n) is 8.22. The lowest BCUT2D eigenvalue weighted by Crippen LogP contribution is -2.45. The van der Waals surface area contributed by atoms with Crippen molar-refractivity contribution in [1.29, 1.82) is 0 Å². The standard InChI is InChI=1S/C35H38FN5O5/c1-35(2,3)46-34(44)38-23-12-8-10-17-40(20-23)30-26(36)19-24-29-32(30)45-28-14-6-5-13-27(28)41(29)21-25(31(24)42)33(43)39(4)18-15-22-11-7-9-16-37-22/h5-7,9,11,13-14,16,19,21,23H,8,10,12,15,17-18,20H2,1-4H3,(H,38,44). The molecule has 1 unspecified atom stereocenters. The molecule has 0 radical (unpaired) electrons. The minimum absolute atomic E-state index is 0.0491. The Morgan fingerprint density at radius 3 is 2.70 bits per heavy atom. The van der Waals surface area contributed by atoms with Gasteiger partial charge in [0.25, 0.3) is 5.91 Å². The zero-order valence-electron chi connectivity index (χ0n) is 26.5. The van der Waals surface area contributed by atoms with Crippen molar-refractivity contribution in [3.05, 3.63) is 88.2 Å². The number of likely N-dealkylation sites (N-methyl/N-ethyl adjacent to an activating group) is 1. The number of rotatable bonds is 6. The number of ether oxygens (including phenoxy) is 2. The predicted molar refractivity (Wildman–Crippen MR) is 174 cm³/mol. The molecule has 2 aromatic carbocycles. The Bertz CT molecular complexity index is 1850. The second kappa shape index (κ2) is 12.5. The highest BCUT2D eigenvalue weighted by atomic mass is 19.1. The maximum Gasteiger partial charge on any atom is 0.407 e.